The molecular formula is C15H20N2O3. The molecule has 1 aromatic rings. The Morgan fingerprint density at radius 1 is 1.40 bits per heavy atom. The number of benzene rings is 1. The van der Waals surface area contributed by atoms with Crippen LogP contribution in [0.3, 0.4) is 0 Å². The van der Waals surface area contributed by atoms with Gasteiger partial charge in [0, 0.05) is 31.7 Å². The molecule has 0 bridgehead atoms. The Balaban J connectivity index is 2.10. The van der Waals surface area contributed by atoms with E-state index in [1.165, 1.54) is 0 Å². The number of amides is 1. The molecule has 1 aliphatic rings. The van der Waals surface area contributed by atoms with Gasteiger partial charge in [0.15, 0.2) is 0 Å². The smallest absolute Gasteiger partial charge is 0.308 e. The molecule has 0 spiro atoms. The van der Waals surface area contributed by atoms with Crippen LogP contribution >= 0.6 is 0 Å². The Morgan fingerprint density at radius 3 is 2.85 bits per heavy atom. The lowest BCUT2D eigenvalue weighted by atomic mass is 9.92. The molecule has 1 amide bonds. The Kier molecular flexibility index (Phi) is 4.61. The number of nitrogens with zero attached hydrogens (tertiary/aromatic N) is 1. The molecule has 0 saturated carbocycles. The van der Waals surface area contributed by atoms with Crippen molar-refractivity contribution < 1.29 is 14.7 Å². The van der Waals surface area contributed by atoms with Crippen LogP contribution in [-0.2, 0) is 16.0 Å². The standard InChI is InChI=1S/C15H20N2O3/c1-2-16-14(18)7-8-17-10-12(15(19)20)9-11-5-3-4-6-13(11)17/h3-6,12H,2,7-10H2,1H3,(H,16,18)(H,19,20). The van der Waals surface area contributed by atoms with Crippen molar-refractivity contribution in [1.29, 1.82) is 0 Å². The number of carbonyl (C=O) groups is 2. The number of rotatable bonds is 5. The summed E-state index contributed by atoms with van der Waals surface area (Å²) < 4.78 is 0. The highest BCUT2D eigenvalue weighted by Crippen LogP contribution is 2.29. The summed E-state index contributed by atoms with van der Waals surface area (Å²) in [6.07, 6.45) is 0.942. The minimum Gasteiger partial charge on any atom is -0.481 e. The van der Waals surface area contributed by atoms with Crippen LogP contribution in [0.25, 0.3) is 0 Å². The molecule has 2 rings (SSSR count). The van der Waals surface area contributed by atoms with Crippen molar-refractivity contribution in [1.82, 2.24) is 5.32 Å². The summed E-state index contributed by atoms with van der Waals surface area (Å²) >= 11 is 0. The van der Waals surface area contributed by atoms with Gasteiger partial charge in [0.05, 0.1) is 5.92 Å². The third-order valence-electron chi connectivity index (χ3n) is 3.57. The first kappa shape index (κ1) is 14.4. The van der Waals surface area contributed by atoms with E-state index < -0.39 is 11.9 Å². The number of carbonyl (C=O) groups excluding carboxylic acids is 1. The highest BCUT2D eigenvalue weighted by Gasteiger charge is 2.28. The fourth-order valence-corrected chi connectivity index (χ4v) is 2.59. The van der Waals surface area contributed by atoms with Crippen LogP contribution in [0.5, 0.6) is 0 Å². The van der Waals surface area contributed by atoms with Crippen LogP contribution in [-0.4, -0.2) is 36.6 Å². The van der Waals surface area contributed by atoms with Gasteiger partial charge in [-0.25, -0.2) is 0 Å². The SMILES string of the molecule is CCNC(=O)CCN1CC(C(=O)O)Cc2ccccc21. The van der Waals surface area contributed by atoms with E-state index >= 15 is 0 Å². The third-order valence-corrected chi connectivity index (χ3v) is 3.57. The van der Waals surface area contributed by atoms with Crippen LogP contribution < -0.4 is 10.2 Å². The van der Waals surface area contributed by atoms with Gasteiger partial charge in [-0.15, -0.1) is 0 Å². The van der Waals surface area contributed by atoms with E-state index in [-0.39, 0.29) is 5.91 Å². The molecule has 1 aromatic carbocycles. The lowest BCUT2D eigenvalue weighted by Gasteiger charge is -2.34. The number of hydrogen-bond donors (Lipinski definition) is 2. The van der Waals surface area contributed by atoms with E-state index in [0.717, 1.165) is 11.3 Å². The molecule has 2 N–H and O–H groups in total. The number of carboxylic acids is 1. The fourth-order valence-electron chi connectivity index (χ4n) is 2.59. The van der Waals surface area contributed by atoms with Crippen LogP contribution in [0.1, 0.15) is 18.9 Å². The van der Waals surface area contributed by atoms with Crippen LogP contribution in [0.4, 0.5) is 5.69 Å². The first-order chi connectivity index (χ1) is 9.61. The van der Waals surface area contributed by atoms with Crippen molar-refractivity contribution in [3.05, 3.63) is 29.8 Å². The number of nitrogens with one attached hydrogen (secondary N) is 1. The fraction of sp³-hybridized carbons (Fsp3) is 0.467. The second-order valence-electron chi connectivity index (χ2n) is 5.02. The van der Waals surface area contributed by atoms with E-state index in [9.17, 15) is 14.7 Å². The Morgan fingerprint density at radius 2 is 2.15 bits per heavy atom. The highest BCUT2D eigenvalue weighted by atomic mass is 16.4. The predicted molar refractivity (Wildman–Crippen MR) is 76.8 cm³/mol. The van der Waals surface area contributed by atoms with Gasteiger partial charge in [-0.3, -0.25) is 9.59 Å². The van der Waals surface area contributed by atoms with Gasteiger partial charge in [0.25, 0.3) is 0 Å². The van der Waals surface area contributed by atoms with Crippen LogP contribution in [0.15, 0.2) is 24.3 Å². The maximum Gasteiger partial charge on any atom is 0.308 e. The molecule has 5 nitrogen and oxygen atoms in total. The molecule has 0 aliphatic carbocycles. The van der Waals surface area contributed by atoms with Gasteiger partial charge >= 0.3 is 5.97 Å². The Bertz CT molecular complexity index is 502. The van der Waals surface area contributed by atoms with Crippen molar-refractivity contribution in [3.8, 4) is 0 Å². The number of aliphatic carboxylic acids is 1. The molecule has 0 aromatic heterocycles. The van der Waals surface area contributed by atoms with E-state index in [0.29, 0.717) is 32.5 Å². The molecule has 5 heteroatoms. The quantitative estimate of drug-likeness (QED) is 0.850. The predicted octanol–water partition coefficient (Wildman–Crippen LogP) is 1.28. The van der Waals surface area contributed by atoms with Gasteiger partial charge in [-0.05, 0) is 25.0 Å². The Hall–Kier alpha value is -2.04. The normalized spacial score (nSPS) is 17.4. The molecule has 1 unspecified atom stereocenters. The minimum absolute atomic E-state index is 0.00225. The second-order valence-corrected chi connectivity index (χ2v) is 5.02. The monoisotopic (exact) mass is 276 g/mol. The van der Waals surface area contributed by atoms with Crippen LogP contribution in [0, 0.1) is 5.92 Å². The number of fused-ring (bicyclic) bond motifs is 1. The maximum absolute atomic E-state index is 11.6. The average Bonchev–Trinajstić information content (AvgIpc) is 2.44. The van der Waals surface area contributed by atoms with Crippen molar-refractivity contribution in [2.45, 2.75) is 19.8 Å². The number of anilines is 1. The maximum atomic E-state index is 11.6. The number of carboxylic acid groups (broad SMARTS) is 1. The lowest BCUT2D eigenvalue weighted by molar-refractivity contribution is -0.141. The summed E-state index contributed by atoms with van der Waals surface area (Å²) in [5, 5.41) is 12.0. The lowest BCUT2D eigenvalue weighted by Crippen LogP contribution is -2.40. The zero-order valence-electron chi connectivity index (χ0n) is 11.6. The Labute approximate surface area is 118 Å². The summed E-state index contributed by atoms with van der Waals surface area (Å²) in [7, 11) is 0. The molecule has 1 aliphatic heterocycles. The van der Waals surface area contributed by atoms with Crippen molar-refractivity contribution in [2.75, 3.05) is 24.5 Å². The molecule has 108 valence electrons. The van der Waals surface area contributed by atoms with E-state index in [2.05, 4.69) is 5.32 Å². The topological polar surface area (TPSA) is 69.6 Å². The molecule has 0 fully saturated rings. The van der Waals surface area contributed by atoms with Crippen LogP contribution in [0.2, 0.25) is 0 Å². The summed E-state index contributed by atoms with van der Waals surface area (Å²) in [5.41, 5.74) is 2.09. The molecule has 20 heavy (non-hydrogen) atoms. The molecule has 0 saturated heterocycles. The summed E-state index contributed by atoms with van der Waals surface area (Å²) in [6.45, 7) is 3.51. The van der Waals surface area contributed by atoms with E-state index in [4.69, 9.17) is 0 Å². The molecule has 0 radical (unpaired) electrons. The average molecular weight is 276 g/mol. The number of para-hydroxylation sites is 1. The summed E-state index contributed by atoms with van der Waals surface area (Å²) in [5.74, 6) is -1.18. The van der Waals surface area contributed by atoms with Gasteiger partial charge in [-0.1, -0.05) is 18.2 Å². The van der Waals surface area contributed by atoms with Crippen molar-refractivity contribution in [2.24, 2.45) is 5.92 Å². The molecular weight excluding hydrogens is 256 g/mol. The summed E-state index contributed by atoms with van der Waals surface area (Å²) in [4.78, 5) is 24.8. The first-order valence-electron chi connectivity index (χ1n) is 6.94. The van der Waals surface area contributed by atoms with Gasteiger partial charge in [0.2, 0.25) is 5.91 Å². The molecule has 1 heterocycles. The third kappa shape index (κ3) is 3.29. The zero-order valence-corrected chi connectivity index (χ0v) is 11.6. The van der Waals surface area contributed by atoms with E-state index in [1.807, 2.05) is 36.1 Å². The first-order valence-corrected chi connectivity index (χ1v) is 6.94. The molecule has 1 atom stereocenters. The van der Waals surface area contributed by atoms with E-state index in [1.54, 1.807) is 0 Å². The summed E-state index contributed by atoms with van der Waals surface area (Å²) in [6, 6.07) is 7.82. The largest absolute Gasteiger partial charge is 0.481 e. The van der Waals surface area contributed by atoms with Gasteiger partial charge < -0.3 is 15.3 Å². The van der Waals surface area contributed by atoms with Gasteiger partial charge in [0.1, 0.15) is 0 Å². The minimum atomic E-state index is -0.775. The second kappa shape index (κ2) is 6.41. The zero-order chi connectivity index (χ0) is 14.5. The van der Waals surface area contributed by atoms with Gasteiger partial charge in [-0.2, -0.15) is 0 Å². The number of hydrogen-bond acceptors (Lipinski definition) is 3. The highest BCUT2D eigenvalue weighted by molar-refractivity contribution is 5.77. The van der Waals surface area contributed by atoms with Crippen molar-refractivity contribution in [3.63, 3.8) is 0 Å². The van der Waals surface area contributed by atoms with Crippen molar-refractivity contribution >= 4 is 17.6 Å².